The highest BCUT2D eigenvalue weighted by molar-refractivity contribution is 5.18. The Kier molecular flexibility index (Phi) is 4.64. The minimum Gasteiger partial charge on any atom is -0.392 e. The van der Waals surface area contributed by atoms with Crippen LogP contribution in [0.1, 0.15) is 6.92 Å². The van der Waals surface area contributed by atoms with Crippen molar-refractivity contribution in [2.75, 3.05) is 6.61 Å². The van der Waals surface area contributed by atoms with E-state index in [-0.39, 0.29) is 12.3 Å². The minimum atomic E-state index is -0.534. The monoisotopic (exact) mass is 169 g/mol. The van der Waals surface area contributed by atoms with Gasteiger partial charge in [-0.25, -0.2) is 0 Å². The molecule has 0 aliphatic heterocycles. The van der Waals surface area contributed by atoms with E-state index in [4.69, 9.17) is 5.11 Å². The highest BCUT2D eigenvalue weighted by Crippen LogP contribution is 1.99. The molecule has 0 aromatic rings. The fourth-order valence-electron chi connectivity index (χ4n) is 0.484. The van der Waals surface area contributed by atoms with Crippen LogP contribution in [0.4, 0.5) is 0 Å². The lowest BCUT2D eigenvalue weighted by atomic mass is 10.2. The van der Waals surface area contributed by atoms with Gasteiger partial charge in [-0.3, -0.25) is 10.1 Å². The molecule has 0 spiro atoms. The van der Waals surface area contributed by atoms with E-state index < -0.39 is 4.92 Å². The second-order valence-corrected chi connectivity index (χ2v) is 2.22. The van der Waals surface area contributed by atoms with Gasteiger partial charge in [0.1, 0.15) is 0 Å². The third kappa shape index (κ3) is 3.68. The van der Waals surface area contributed by atoms with Crippen LogP contribution in [-0.2, 0) is 0 Å². The molecule has 0 saturated heterocycles. The molecule has 0 rings (SSSR count). The van der Waals surface area contributed by atoms with Gasteiger partial charge in [0.25, 0.3) is 5.70 Å². The second kappa shape index (κ2) is 5.26. The number of aliphatic hydroxyl groups is 1. The maximum atomic E-state index is 10.2. The molecule has 4 heteroatoms. The van der Waals surface area contributed by atoms with E-state index in [1.165, 1.54) is 12.2 Å². The Bertz CT molecular complexity index is 241. The molecule has 0 fully saturated rings. The number of allylic oxidation sites excluding steroid dienone is 3. The first-order valence-electron chi connectivity index (χ1n) is 3.37. The van der Waals surface area contributed by atoms with E-state index in [2.05, 4.69) is 6.58 Å². The molecule has 4 nitrogen and oxygen atoms in total. The minimum absolute atomic E-state index is 0.0807. The van der Waals surface area contributed by atoms with Gasteiger partial charge in [-0.05, 0) is 12.5 Å². The topological polar surface area (TPSA) is 63.4 Å². The molecule has 0 saturated carbocycles. The zero-order chi connectivity index (χ0) is 9.56. The van der Waals surface area contributed by atoms with E-state index in [0.717, 1.165) is 6.08 Å². The second-order valence-electron chi connectivity index (χ2n) is 2.22. The van der Waals surface area contributed by atoms with E-state index in [0.29, 0.717) is 5.57 Å². The quantitative estimate of drug-likeness (QED) is 0.391. The van der Waals surface area contributed by atoms with Gasteiger partial charge in [0, 0.05) is 12.2 Å². The van der Waals surface area contributed by atoms with Crippen molar-refractivity contribution in [3.8, 4) is 0 Å². The first-order chi connectivity index (χ1) is 5.61. The summed E-state index contributed by atoms with van der Waals surface area (Å²) in [6.45, 7) is 4.86. The van der Waals surface area contributed by atoms with Crippen LogP contribution in [0.25, 0.3) is 0 Å². The predicted molar refractivity (Wildman–Crippen MR) is 46.1 cm³/mol. The van der Waals surface area contributed by atoms with Gasteiger partial charge in [0.05, 0.1) is 11.5 Å². The Morgan fingerprint density at radius 3 is 2.58 bits per heavy atom. The number of nitro groups is 1. The Labute approximate surface area is 70.7 Å². The molecule has 0 aliphatic rings. The normalized spacial score (nSPS) is 12.8. The van der Waals surface area contributed by atoms with Crippen molar-refractivity contribution in [3.63, 3.8) is 0 Å². The van der Waals surface area contributed by atoms with Crippen LogP contribution in [0.3, 0.4) is 0 Å². The van der Waals surface area contributed by atoms with Gasteiger partial charge >= 0.3 is 0 Å². The lowest BCUT2D eigenvalue weighted by molar-refractivity contribution is -0.418. The summed E-state index contributed by atoms with van der Waals surface area (Å²) < 4.78 is 0. The van der Waals surface area contributed by atoms with Crippen molar-refractivity contribution in [2.45, 2.75) is 6.92 Å². The predicted octanol–water partition coefficient (Wildman–Crippen LogP) is 1.27. The molecule has 0 atom stereocenters. The van der Waals surface area contributed by atoms with Gasteiger partial charge in [0.15, 0.2) is 0 Å². The Balaban J connectivity index is 4.51. The summed E-state index contributed by atoms with van der Waals surface area (Å²) in [4.78, 5) is 9.67. The SMILES string of the molecule is C=C/C(=C\C=C(/C)CO)[N+](=O)[O-]. The van der Waals surface area contributed by atoms with Crippen molar-refractivity contribution in [3.05, 3.63) is 46.2 Å². The van der Waals surface area contributed by atoms with Crippen LogP contribution in [-0.4, -0.2) is 16.6 Å². The summed E-state index contributed by atoms with van der Waals surface area (Å²) in [6.07, 6.45) is 3.94. The Morgan fingerprint density at radius 1 is 1.67 bits per heavy atom. The Morgan fingerprint density at radius 2 is 2.25 bits per heavy atom. The molecule has 66 valence electrons. The summed E-state index contributed by atoms with van der Waals surface area (Å²) in [5, 5.41) is 18.8. The van der Waals surface area contributed by atoms with Gasteiger partial charge in [-0.1, -0.05) is 12.7 Å². The summed E-state index contributed by atoms with van der Waals surface area (Å²) >= 11 is 0. The zero-order valence-electron chi connectivity index (χ0n) is 6.86. The highest BCUT2D eigenvalue weighted by atomic mass is 16.6. The maximum Gasteiger partial charge on any atom is 0.268 e. The molecule has 0 amide bonds. The molecule has 0 heterocycles. The van der Waals surface area contributed by atoms with Crippen molar-refractivity contribution in [2.24, 2.45) is 0 Å². The molecule has 0 unspecified atom stereocenters. The van der Waals surface area contributed by atoms with Crippen molar-refractivity contribution in [1.29, 1.82) is 0 Å². The number of rotatable bonds is 4. The lowest BCUT2D eigenvalue weighted by Crippen LogP contribution is -1.94. The molecule has 12 heavy (non-hydrogen) atoms. The van der Waals surface area contributed by atoms with E-state index in [1.807, 2.05) is 0 Å². The fourth-order valence-corrected chi connectivity index (χ4v) is 0.484. The van der Waals surface area contributed by atoms with Crippen LogP contribution >= 0.6 is 0 Å². The number of hydrogen-bond acceptors (Lipinski definition) is 3. The lowest BCUT2D eigenvalue weighted by Gasteiger charge is -1.90. The first-order valence-corrected chi connectivity index (χ1v) is 3.37. The summed E-state index contributed by atoms with van der Waals surface area (Å²) in [7, 11) is 0. The van der Waals surface area contributed by atoms with Gasteiger partial charge in [-0.2, -0.15) is 0 Å². The first kappa shape index (κ1) is 10.6. The third-order valence-corrected chi connectivity index (χ3v) is 1.21. The van der Waals surface area contributed by atoms with Gasteiger partial charge < -0.3 is 5.11 Å². The number of hydrogen-bond donors (Lipinski definition) is 1. The van der Waals surface area contributed by atoms with Crippen LogP contribution in [0, 0.1) is 10.1 Å². The molecule has 1 N–H and O–H groups in total. The molecular weight excluding hydrogens is 158 g/mol. The van der Waals surface area contributed by atoms with Crippen molar-refractivity contribution in [1.82, 2.24) is 0 Å². The summed E-state index contributed by atoms with van der Waals surface area (Å²) in [5.74, 6) is 0. The average Bonchev–Trinajstić information content (AvgIpc) is 2.04. The van der Waals surface area contributed by atoms with E-state index in [1.54, 1.807) is 6.92 Å². The van der Waals surface area contributed by atoms with E-state index in [9.17, 15) is 10.1 Å². The van der Waals surface area contributed by atoms with Crippen LogP contribution in [0.2, 0.25) is 0 Å². The smallest absolute Gasteiger partial charge is 0.268 e. The van der Waals surface area contributed by atoms with Crippen LogP contribution in [0.5, 0.6) is 0 Å². The van der Waals surface area contributed by atoms with Crippen LogP contribution < -0.4 is 0 Å². The molecule has 0 radical (unpaired) electrons. The zero-order valence-corrected chi connectivity index (χ0v) is 6.86. The average molecular weight is 169 g/mol. The van der Waals surface area contributed by atoms with Gasteiger partial charge in [-0.15, -0.1) is 0 Å². The fraction of sp³-hybridized carbons (Fsp3) is 0.250. The van der Waals surface area contributed by atoms with E-state index >= 15 is 0 Å². The van der Waals surface area contributed by atoms with Crippen molar-refractivity contribution >= 4 is 0 Å². The van der Waals surface area contributed by atoms with Crippen LogP contribution in [0.15, 0.2) is 36.1 Å². The molecule has 0 bridgehead atoms. The summed E-state index contributed by atoms with van der Waals surface area (Å²) in [5.41, 5.74) is 0.582. The number of aliphatic hydroxyl groups excluding tert-OH is 1. The molecule has 0 aliphatic carbocycles. The summed E-state index contributed by atoms with van der Waals surface area (Å²) in [6, 6.07) is 0. The molecular formula is C8H11NO3. The number of nitrogens with zero attached hydrogens (tertiary/aromatic N) is 1. The standard InChI is InChI=1S/C8H11NO3/c1-3-8(9(11)12)5-4-7(2)6-10/h3-5,10H,1,6H2,2H3/b7-4+,8-5+. The van der Waals surface area contributed by atoms with Crippen molar-refractivity contribution < 1.29 is 10.0 Å². The molecule has 0 aromatic carbocycles. The maximum absolute atomic E-state index is 10.2. The molecule has 0 aromatic heterocycles. The highest BCUT2D eigenvalue weighted by Gasteiger charge is 2.01. The third-order valence-electron chi connectivity index (χ3n) is 1.21. The Hall–Kier alpha value is -1.42. The largest absolute Gasteiger partial charge is 0.392 e. The van der Waals surface area contributed by atoms with Gasteiger partial charge in [0.2, 0.25) is 0 Å².